The molecule has 2 heterocycles. The zero-order valence-electron chi connectivity index (χ0n) is 11.7. The minimum absolute atomic E-state index is 0.453. The second-order valence-electron chi connectivity index (χ2n) is 5.14. The lowest BCUT2D eigenvalue weighted by Crippen LogP contribution is -2.22. The highest BCUT2D eigenvalue weighted by Gasteiger charge is 2.05. The molecule has 4 heteroatoms. The Morgan fingerprint density at radius 3 is 2.85 bits per heavy atom. The van der Waals surface area contributed by atoms with Crippen molar-refractivity contribution in [2.75, 3.05) is 0 Å². The highest BCUT2D eigenvalue weighted by atomic mass is 15.1. The van der Waals surface area contributed by atoms with Gasteiger partial charge in [0.1, 0.15) is 6.33 Å². The van der Waals surface area contributed by atoms with E-state index in [9.17, 15) is 0 Å². The van der Waals surface area contributed by atoms with Crippen molar-refractivity contribution in [1.29, 1.82) is 0 Å². The summed E-state index contributed by atoms with van der Waals surface area (Å²) < 4.78 is 2.09. The predicted octanol–water partition coefficient (Wildman–Crippen LogP) is 2.92. The van der Waals surface area contributed by atoms with Gasteiger partial charge in [-0.25, -0.2) is 4.98 Å². The van der Waals surface area contributed by atoms with Gasteiger partial charge in [0.05, 0.1) is 22.4 Å². The molecule has 0 radical (unpaired) electrons. The van der Waals surface area contributed by atoms with Crippen molar-refractivity contribution >= 4 is 11.0 Å². The zero-order chi connectivity index (χ0) is 13.9. The smallest absolute Gasteiger partial charge is 0.100 e. The van der Waals surface area contributed by atoms with Crippen LogP contribution < -0.4 is 5.32 Å². The second-order valence-corrected chi connectivity index (χ2v) is 5.14. The number of para-hydroxylation sites is 2. The quantitative estimate of drug-likeness (QED) is 0.789. The van der Waals surface area contributed by atoms with E-state index in [1.165, 1.54) is 0 Å². The number of hydrogen-bond donors (Lipinski definition) is 1. The summed E-state index contributed by atoms with van der Waals surface area (Å²) in [6.45, 7) is 5.04. The standard InChI is InChI=1S/C16H18N4/c1-12(2)18-10-13-9-14(7-8-17-13)20-11-19-15-5-3-4-6-16(15)20/h3-9,11-12,18H,10H2,1-2H3. The molecule has 0 saturated heterocycles. The zero-order valence-corrected chi connectivity index (χ0v) is 11.7. The van der Waals surface area contributed by atoms with E-state index in [0.29, 0.717) is 6.04 Å². The van der Waals surface area contributed by atoms with E-state index in [1.807, 2.05) is 36.8 Å². The minimum atomic E-state index is 0.453. The highest BCUT2D eigenvalue weighted by molar-refractivity contribution is 5.77. The van der Waals surface area contributed by atoms with Crippen LogP contribution in [0.2, 0.25) is 0 Å². The summed E-state index contributed by atoms with van der Waals surface area (Å²) in [5.41, 5.74) is 4.25. The molecule has 3 aromatic rings. The van der Waals surface area contributed by atoms with Gasteiger partial charge in [-0.05, 0) is 24.3 Å². The van der Waals surface area contributed by atoms with Crippen molar-refractivity contribution in [1.82, 2.24) is 19.9 Å². The molecular formula is C16H18N4. The maximum absolute atomic E-state index is 4.43. The molecule has 0 atom stereocenters. The number of pyridine rings is 1. The SMILES string of the molecule is CC(C)NCc1cc(-n2cnc3ccccc32)ccn1. The first-order chi connectivity index (χ1) is 9.74. The number of aromatic nitrogens is 3. The Labute approximate surface area is 118 Å². The van der Waals surface area contributed by atoms with Crippen LogP contribution in [0.15, 0.2) is 48.9 Å². The number of nitrogens with zero attached hydrogens (tertiary/aromatic N) is 3. The Morgan fingerprint density at radius 1 is 1.15 bits per heavy atom. The van der Waals surface area contributed by atoms with Gasteiger partial charge in [-0.3, -0.25) is 9.55 Å². The Hall–Kier alpha value is -2.20. The van der Waals surface area contributed by atoms with E-state index in [-0.39, 0.29) is 0 Å². The summed E-state index contributed by atoms with van der Waals surface area (Å²) in [5.74, 6) is 0. The molecule has 102 valence electrons. The number of nitrogens with one attached hydrogen (secondary N) is 1. The van der Waals surface area contributed by atoms with Crippen LogP contribution in [-0.4, -0.2) is 20.6 Å². The molecular weight excluding hydrogens is 248 g/mol. The molecule has 0 bridgehead atoms. The number of rotatable bonds is 4. The summed E-state index contributed by atoms with van der Waals surface area (Å²) in [4.78, 5) is 8.83. The van der Waals surface area contributed by atoms with E-state index < -0.39 is 0 Å². The first-order valence-corrected chi connectivity index (χ1v) is 6.85. The Balaban J connectivity index is 1.95. The first kappa shape index (κ1) is 12.8. The largest absolute Gasteiger partial charge is 0.309 e. The van der Waals surface area contributed by atoms with Crippen molar-refractivity contribution < 1.29 is 0 Å². The van der Waals surface area contributed by atoms with Gasteiger partial charge in [-0.2, -0.15) is 0 Å². The van der Waals surface area contributed by atoms with Crippen LogP contribution in [0, 0.1) is 0 Å². The van der Waals surface area contributed by atoms with Gasteiger partial charge in [-0.15, -0.1) is 0 Å². The first-order valence-electron chi connectivity index (χ1n) is 6.85. The third-order valence-corrected chi connectivity index (χ3v) is 3.22. The molecule has 0 aliphatic heterocycles. The molecule has 0 amide bonds. The van der Waals surface area contributed by atoms with Crippen molar-refractivity contribution in [2.24, 2.45) is 0 Å². The Bertz CT molecular complexity index is 715. The number of imidazole rings is 1. The maximum Gasteiger partial charge on any atom is 0.100 e. The van der Waals surface area contributed by atoms with Crippen molar-refractivity contribution in [2.45, 2.75) is 26.4 Å². The number of fused-ring (bicyclic) bond motifs is 1. The molecule has 3 rings (SSSR count). The van der Waals surface area contributed by atoms with Gasteiger partial charge in [0.25, 0.3) is 0 Å². The van der Waals surface area contributed by atoms with E-state index in [1.54, 1.807) is 0 Å². The molecule has 0 unspecified atom stereocenters. The van der Waals surface area contributed by atoms with Crippen LogP contribution in [0.3, 0.4) is 0 Å². The lowest BCUT2D eigenvalue weighted by atomic mass is 10.2. The van der Waals surface area contributed by atoms with E-state index in [4.69, 9.17) is 0 Å². The third-order valence-electron chi connectivity index (χ3n) is 3.22. The second kappa shape index (κ2) is 5.43. The topological polar surface area (TPSA) is 42.7 Å². The molecule has 20 heavy (non-hydrogen) atoms. The van der Waals surface area contributed by atoms with Crippen molar-refractivity contribution in [3.63, 3.8) is 0 Å². The lowest BCUT2D eigenvalue weighted by molar-refractivity contribution is 0.581. The van der Waals surface area contributed by atoms with Crippen molar-refractivity contribution in [3.8, 4) is 5.69 Å². The van der Waals surface area contributed by atoms with Gasteiger partial charge in [0.2, 0.25) is 0 Å². The average molecular weight is 266 g/mol. The fraction of sp³-hybridized carbons (Fsp3) is 0.250. The molecule has 1 aromatic carbocycles. The average Bonchev–Trinajstić information content (AvgIpc) is 2.89. The highest BCUT2D eigenvalue weighted by Crippen LogP contribution is 2.17. The third kappa shape index (κ3) is 2.56. The normalized spacial score (nSPS) is 11.3. The van der Waals surface area contributed by atoms with E-state index in [2.05, 4.69) is 45.8 Å². The maximum atomic E-state index is 4.43. The Kier molecular flexibility index (Phi) is 3.48. The molecule has 2 aromatic heterocycles. The predicted molar refractivity (Wildman–Crippen MR) is 80.8 cm³/mol. The van der Waals surface area contributed by atoms with Gasteiger partial charge in [0.15, 0.2) is 0 Å². The Morgan fingerprint density at radius 2 is 2.00 bits per heavy atom. The monoisotopic (exact) mass is 266 g/mol. The summed E-state index contributed by atoms with van der Waals surface area (Å²) in [6, 6.07) is 12.7. The van der Waals surface area contributed by atoms with E-state index in [0.717, 1.165) is 29.0 Å². The molecule has 0 fully saturated rings. The van der Waals surface area contributed by atoms with Crippen LogP contribution in [0.25, 0.3) is 16.7 Å². The van der Waals surface area contributed by atoms with Crippen LogP contribution in [0.4, 0.5) is 0 Å². The van der Waals surface area contributed by atoms with Gasteiger partial charge in [-0.1, -0.05) is 26.0 Å². The summed E-state index contributed by atoms with van der Waals surface area (Å²) in [5, 5.41) is 3.38. The molecule has 1 N–H and O–H groups in total. The molecule has 0 saturated carbocycles. The molecule has 0 spiro atoms. The van der Waals surface area contributed by atoms with Crippen LogP contribution in [0.5, 0.6) is 0 Å². The van der Waals surface area contributed by atoms with E-state index >= 15 is 0 Å². The lowest BCUT2D eigenvalue weighted by Gasteiger charge is -2.09. The molecule has 0 aliphatic carbocycles. The number of hydrogen-bond acceptors (Lipinski definition) is 3. The van der Waals surface area contributed by atoms with Gasteiger partial charge in [0, 0.05) is 18.8 Å². The number of benzene rings is 1. The summed E-state index contributed by atoms with van der Waals surface area (Å²) in [7, 11) is 0. The van der Waals surface area contributed by atoms with Crippen LogP contribution in [0.1, 0.15) is 19.5 Å². The van der Waals surface area contributed by atoms with Gasteiger partial charge >= 0.3 is 0 Å². The summed E-state index contributed by atoms with van der Waals surface area (Å²) >= 11 is 0. The fourth-order valence-electron chi connectivity index (χ4n) is 2.19. The van der Waals surface area contributed by atoms with Crippen molar-refractivity contribution in [3.05, 3.63) is 54.6 Å². The van der Waals surface area contributed by atoms with Crippen LogP contribution in [-0.2, 0) is 6.54 Å². The van der Waals surface area contributed by atoms with Crippen LogP contribution >= 0.6 is 0 Å². The van der Waals surface area contributed by atoms with Gasteiger partial charge < -0.3 is 5.32 Å². The summed E-state index contributed by atoms with van der Waals surface area (Å²) in [6.07, 6.45) is 3.71. The molecule has 0 aliphatic rings. The fourth-order valence-corrected chi connectivity index (χ4v) is 2.19. The minimum Gasteiger partial charge on any atom is -0.309 e. The molecule has 4 nitrogen and oxygen atoms in total.